The van der Waals surface area contributed by atoms with E-state index in [0.717, 1.165) is 35.6 Å². The van der Waals surface area contributed by atoms with Crippen molar-refractivity contribution in [2.24, 2.45) is 0 Å². The highest BCUT2D eigenvalue weighted by atomic mass is 79.9. The van der Waals surface area contributed by atoms with E-state index in [-0.39, 0.29) is 0 Å². The molecule has 0 fully saturated rings. The summed E-state index contributed by atoms with van der Waals surface area (Å²) in [6.45, 7) is 2.87. The summed E-state index contributed by atoms with van der Waals surface area (Å²) in [4.78, 5) is 4.19. The van der Waals surface area contributed by atoms with Crippen molar-refractivity contribution in [3.8, 4) is 5.75 Å². The fourth-order valence-corrected chi connectivity index (χ4v) is 2.72. The van der Waals surface area contributed by atoms with Gasteiger partial charge in [0.05, 0.1) is 22.3 Å². The van der Waals surface area contributed by atoms with Crippen LogP contribution in [0.25, 0.3) is 0 Å². The van der Waals surface area contributed by atoms with Crippen LogP contribution in [0.3, 0.4) is 0 Å². The maximum atomic E-state index is 5.74. The van der Waals surface area contributed by atoms with E-state index < -0.39 is 0 Å². The molecule has 1 heterocycles. The largest absolute Gasteiger partial charge is 0.486 e. The zero-order valence-corrected chi connectivity index (χ0v) is 13.7. The standard InChI is InChI=1S/C14H17BrN2O2S/c1-18-5-4-16-7-11-2-3-14(13(15)6-11)19-8-12-9-20-10-17-12/h2-3,6,9-10,16H,4-5,7-8H2,1H3. The molecule has 0 bridgehead atoms. The summed E-state index contributed by atoms with van der Waals surface area (Å²) in [5.74, 6) is 0.832. The second-order valence-electron chi connectivity index (χ2n) is 4.20. The van der Waals surface area contributed by atoms with Crippen LogP contribution >= 0.6 is 27.3 Å². The summed E-state index contributed by atoms with van der Waals surface area (Å²) in [5, 5.41) is 5.30. The van der Waals surface area contributed by atoms with Crippen molar-refractivity contribution in [1.82, 2.24) is 10.3 Å². The SMILES string of the molecule is COCCNCc1ccc(OCc2cscn2)c(Br)c1. The molecule has 1 aromatic carbocycles. The van der Waals surface area contributed by atoms with Crippen molar-refractivity contribution in [2.45, 2.75) is 13.2 Å². The number of thiazole rings is 1. The number of methoxy groups -OCH3 is 1. The lowest BCUT2D eigenvalue weighted by Gasteiger charge is -2.09. The lowest BCUT2D eigenvalue weighted by atomic mass is 10.2. The van der Waals surface area contributed by atoms with Gasteiger partial charge in [-0.2, -0.15) is 0 Å². The third-order valence-electron chi connectivity index (χ3n) is 2.67. The number of hydrogen-bond acceptors (Lipinski definition) is 5. The van der Waals surface area contributed by atoms with E-state index in [1.807, 2.05) is 17.0 Å². The average Bonchev–Trinajstić information content (AvgIpc) is 2.96. The van der Waals surface area contributed by atoms with Gasteiger partial charge in [0.15, 0.2) is 0 Å². The van der Waals surface area contributed by atoms with E-state index in [0.29, 0.717) is 6.61 Å². The molecule has 1 N–H and O–H groups in total. The third-order valence-corrected chi connectivity index (χ3v) is 3.92. The highest BCUT2D eigenvalue weighted by molar-refractivity contribution is 9.10. The van der Waals surface area contributed by atoms with Crippen LogP contribution in [0, 0.1) is 0 Å². The van der Waals surface area contributed by atoms with E-state index in [2.05, 4.69) is 38.4 Å². The van der Waals surface area contributed by atoms with Gasteiger partial charge in [0.1, 0.15) is 12.4 Å². The summed E-state index contributed by atoms with van der Waals surface area (Å²) in [7, 11) is 1.70. The summed E-state index contributed by atoms with van der Waals surface area (Å²) in [6, 6.07) is 6.10. The molecule has 20 heavy (non-hydrogen) atoms. The van der Waals surface area contributed by atoms with Crippen LogP contribution in [0.5, 0.6) is 5.75 Å². The fraction of sp³-hybridized carbons (Fsp3) is 0.357. The zero-order valence-electron chi connectivity index (χ0n) is 11.3. The lowest BCUT2D eigenvalue weighted by Crippen LogP contribution is -2.18. The van der Waals surface area contributed by atoms with Crippen LogP contribution in [0.15, 0.2) is 33.6 Å². The minimum Gasteiger partial charge on any atom is -0.486 e. The molecule has 0 aliphatic rings. The molecule has 0 aliphatic carbocycles. The number of halogens is 1. The molecule has 0 radical (unpaired) electrons. The molecule has 0 aliphatic heterocycles. The predicted octanol–water partition coefficient (Wildman–Crippen LogP) is 3.22. The van der Waals surface area contributed by atoms with Crippen LogP contribution in [0.2, 0.25) is 0 Å². The first-order valence-corrected chi connectivity index (χ1v) is 8.01. The van der Waals surface area contributed by atoms with Crippen molar-refractivity contribution in [1.29, 1.82) is 0 Å². The maximum absolute atomic E-state index is 5.74. The van der Waals surface area contributed by atoms with E-state index in [9.17, 15) is 0 Å². The molecule has 0 saturated carbocycles. The first-order valence-electron chi connectivity index (χ1n) is 6.27. The molecule has 0 saturated heterocycles. The quantitative estimate of drug-likeness (QED) is 0.737. The Morgan fingerprint density at radius 1 is 1.40 bits per heavy atom. The Kier molecular flexibility index (Phi) is 6.46. The summed E-state index contributed by atoms with van der Waals surface area (Å²) in [6.07, 6.45) is 0. The Morgan fingerprint density at radius 2 is 2.30 bits per heavy atom. The van der Waals surface area contributed by atoms with Crippen LogP contribution in [-0.2, 0) is 17.9 Å². The van der Waals surface area contributed by atoms with Gasteiger partial charge in [0.25, 0.3) is 0 Å². The molecule has 1 aromatic heterocycles. The van der Waals surface area contributed by atoms with Crippen molar-refractivity contribution in [2.75, 3.05) is 20.3 Å². The topological polar surface area (TPSA) is 43.4 Å². The predicted molar refractivity (Wildman–Crippen MR) is 84.2 cm³/mol. The second kappa shape index (κ2) is 8.36. The number of nitrogens with zero attached hydrogens (tertiary/aromatic N) is 1. The number of ether oxygens (including phenoxy) is 2. The molecule has 0 amide bonds. The first-order chi connectivity index (χ1) is 9.79. The van der Waals surface area contributed by atoms with E-state index in [4.69, 9.17) is 9.47 Å². The maximum Gasteiger partial charge on any atom is 0.134 e. The molecular formula is C14H17BrN2O2S. The molecule has 2 rings (SSSR count). The molecule has 0 unspecified atom stereocenters. The number of aromatic nitrogens is 1. The van der Waals surface area contributed by atoms with Gasteiger partial charge in [-0.05, 0) is 33.6 Å². The monoisotopic (exact) mass is 356 g/mol. The first kappa shape index (κ1) is 15.4. The molecule has 6 heteroatoms. The number of hydrogen-bond donors (Lipinski definition) is 1. The average molecular weight is 357 g/mol. The Labute approximate surface area is 131 Å². The minimum absolute atomic E-state index is 0.494. The Morgan fingerprint density at radius 3 is 3.00 bits per heavy atom. The van der Waals surface area contributed by atoms with Gasteiger partial charge in [0, 0.05) is 25.6 Å². The van der Waals surface area contributed by atoms with Gasteiger partial charge in [-0.3, -0.25) is 0 Å². The van der Waals surface area contributed by atoms with Gasteiger partial charge < -0.3 is 14.8 Å². The zero-order chi connectivity index (χ0) is 14.2. The summed E-state index contributed by atoms with van der Waals surface area (Å²) >= 11 is 5.11. The normalized spacial score (nSPS) is 10.7. The van der Waals surface area contributed by atoms with Crippen LogP contribution in [0.4, 0.5) is 0 Å². The van der Waals surface area contributed by atoms with Gasteiger partial charge >= 0.3 is 0 Å². The third kappa shape index (κ3) is 4.86. The summed E-state index contributed by atoms with van der Waals surface area (Å²) < 4.78 is 11.7. The van der Waals surface area contributed by atoms with Crippen LogP contribution in [-0.4, -0.2) is 25.2 Å². The fourth-order valence-electron chi connectivity index (χ4n) is 1.64. The summed E-state index contributed by atoms with van der Waals surface area (Å²) in [5.41, 5.74) is 3.96. The Bertz CT molecular complexity index is 520. The van der Waals surface area contributed by atoms with Gasteiger partial charge in [-0.25, -0.2) is 4.98 Å². The second-order valence-corrected chi connectivity index (χ2v) is 5.78. The molecule has 0 spiro atoms. The van der Waals surface area contributed by atoms with Crippen molar-refractivity contribution in [3.05, 3.63) is 44.8 Å². The Hall–Kier alpha value is -0.950. The smallest absolute Gasteiger partial charge is 0.134 e. The minimum atomic E-state index is 0.494. The van der Waals surface area contributed by atoms with Crippen molar-refractivity contribution < 1.29 is 9.47 Å². The number of benzene rings is 1. The highest BCUT2D eigenvalue weighted by Crippen LogP contribution is 2.26. The number of nitrogens with one attached hydrogen (secondary N) is 1. The molecular weight excluding hydrogens is 340 g/mol. The van der Waals surface area contributed by atoms with E-state index in [1.165, 1.54) is 5.56 Å². The van der Waals surface area contributed by atoms with Crippen molar-refractivity contribution >= 4 is 27.3 Å². The van der Waals surface area contributed by atoms with Gasteiger partial charge in [-0.15, -0.1) is 11.3 Å². The van der Waals surface area contributed by atoms with Crippen molar-refractivity contribution in [3.63, 3.8) is 0 Å². The number of rotatable bonds is 8. The van der Waals surface area contributed by atoms with Gasteiger partial charge in [0.2, 0.25) is 0 Å². The van der Waals surface area contributed by atoms with Gasteiger partial charge in [-0.1, -0.05) is 6.07 Å². The lowest BCUT2D eigenvalue weighted by molar-refractivity contribution is 0.199. The van der Waals surface area contributed by atoms with Crippen LogP contribution in [0.1, 0.15) is 11.3 Å². The molecule has 0 atom stereocenters. The Balaban J connectivity index is 1.85. The molecule has 2 aromatic rings. The van der Waals surface area contributed by atoms with Crippen LogP contribution < -0.4 is 10.1 Å². The highest BCUT2D eigenvalue weighted by Gasteiger charge is 2.04. The van der Waals surface area contributed by atoms with E-state index >= 15 is 0 Å². The molecule has 4 nitrogen and oxygen atoms in total. The molecule has 108 valence electrons. The van der Waals surface area contributed by atoms with E-state index in [1.54, 1.807) is 18.4 Å².